The van der Waals surface area contributed by atoms with Crippen molar-refractivity contribution in [3.05, 3.63) is 18.2 Å². The Bertz CT molecular complexity index is 569. The molecule has 0 amide bonds. The molecule has 1 rings (SSSR count). The van der Waals surface area contributed by atoms with Crippen LogP contribution in [0.3, 0.4) is 0 Å². The van der Waals surface area contributed by atoms with Gasteiger partial charge in [0.05, 0.1) is 27.3 Å². The summed E-state index contributed by atoms with van der Waals surface area (Å²) in [5, 5.41) is 0. The SMILES string of the molecule is COc1ccc(OC)c(S(=O)(=O)NCC(F)(F)CN)c1.Cl. The molecular formula is C11H17ClF2N2O4S. The molecule has 0 aliphatic heterocycles. The average Bonchev–Trinajstić information content (AvgIpc) is 2.44. The molecule has 10 heteroatoms. The first-order valence-corrected chi connectivity index (χ1v) is 7.03. The molecule has 122 valence electrons. The standard InChI is InChI=1S/C11H16F2N2O4S.ClH/c1-18-8-3-4-9(19-2)10(5-8)20(16,17)15-7-11(12,13)6-14;/h3-5,15H,6-7,14H2,1-2H3;1H. The number of hydrogen-bond acceptors (Lipinski definition) is 5. The molecule has 0 aliphatic rings. The highest BCUT2D eigenvalue weighted by atomic mass is 35.5. The van der Waals surface area contributed by atoms with Gasteiger partial charge in [-0.15, -0.1) is 12.4 Å². The minimum atomic E-state index is -4.17. The van der Waals surface area contributed by atoms with E-state index in [0.717, 1.165) is 0 Å². The highest BCUT2D eigenvalue weighted by Crippen LogP contribution is 2.28. The Hall–Kier alpha value is -1.16. The number of ether oxygens (including phenoxy) is 2. The normalized spacial score (nSPS) is 11.7. The third-order valence-corrected chi connectivity index (χ3v) is 3.90. The zero-order valence-corrected chi connectivity index (χ0v) is 13.1. The summed E-state index contributed by atoms with van der Waals surface area (Å²) in [7, 11) is -1.54. The highest BCUT2D eigenvalue weighted by molar-refractivity contribution is 7.89. The van der Waals surface area contributed by atoms with Crippen LogP contribution in [0.5, 0.6) is 11.5 Å². The summed E-state index contributed by atoms with van der Waals surface area (Å²) in [6, 6.07) is 4.04. The predicted octanol–water partition coefficient (Wildman–Crippen LogP) is 0.998. The van der Waals surface area contributed by atoms with E-state index in [-0.39, 0.29) is 28.8 Å². The zero-order valence-electron chi connectivity index (χ0n) is 11.4. The Morgan fingerprint density at radius 1 is 1.29 bits per heavy atom. The van der Waals surface area contributed by atoms with Crippen LogP contribution in [0.25, 0.3) is 0 Å². The first kappa shape index (κ1) is 19.8. The van der Waals surface area contributed by atoms with Crippen molar-refractivity contribution < 1.29 is 26.7 Å². The maximum absolute atomic E-state index is 13.0. The maximum atomic E-state index is 13.0. The van der Waals surface area contributed by atoms with Crippen LogP contribution in [-0.4, -0.2) is 41.6 Å². The molecule has 0 bridgehead atoms. The number of hydrogen-bond donors (Lipinski definition) is 2. The lowest BCUT2D eigenvalue weighted by atomic mass is 10.3. The molecule has 1 aromatic carbocycles. The minimum Gasteiger partial charge on any atom is -0.497 e. The fourth-order valence-electron chi connectivity index (χ4n) is 1.34. The van der Waals surface area contributed by atoms with Crippen molar-refractivity contribution >= 4 is 22.4 Å². The molecule has 21 heavy (non-hydrogen) atoms. The maximum Gasteiger partial charge on any atom is 0.273 e. The second-order valence-electron chi connectivity index (χ2n) is 3.90. The third-order valence-electron chi connectivity index (χ3n) is 2.48. The van der Waals surface area contributed by atoms with Gasteiger partial charge >= 0.3 is 0 Å². The van der Waals surface area contributed by atoms with E-state index in [1.807, 2.05) is 0 Å². The van der Waals surface area contributed by atoms with Gasteiger partial charge in [0.15, 0.2) is 0 Å². The Kier molecular flexibility index (Phi) is 7.31. The van der Waals surface area contributed by atoms with Crippen molar-refractivity contribution in [2.24, 2.45) is 5.73 Å². The Balaban J connectivity index is 0.00000400. The number of nitrogens with one attached hydrogen (secondary N) is 1. The second kappa shape index (κ2) is 7.74. The van der Waals surface area contributed by atoms with E-state index in [4.69, 9.17) is 15.2 Å². The molecule has 0 aromatic heterocycles. The van der Waals surface area contributed by atoms with E-state index >= 15 is 0 Å². The Morgan fingerprint density at radius 3 is 2.38 bits per heavy atom. The van der Waals surface area contributed by atoms with E-state index < -0.39 is 29.0 Å². The summed E-state index contributed by atoms with van der Waals surface area (Å²) in [5.74, 6) is -3.04. The van der Waals surface area contributed by atoms with Crippen LogP contribution in [-0.2, 0) is 10.0 Å². The second-order valence-corrected chi connectivity index (χ2v) is 5.64. The molecule has 0 heterocycles. The molecule has 0 saturated carbocycles. The summed E-state index contributed by atoms with van der Waals surface area (Å²) in [4.78, 5) is -0.285. The first-order valence-electron chi connectivity index (χ1n) is 5.55. The van der Waals surface area contributed by atoms with E-state index in [0.29, 0.717) is 0 Å². The van der Waals surface area contributed by atoms with Gasteiger partial charge in [0, 0.05) is 6.07 Å². The molecular weight excluding hydrogens is 330 g/mol. The summed E-state index contributed by atoms with van der Waals surface area (Å²) < 4.78 is 61.7. The summed E-state index contributed by atoms with van der Waals surface area (Å²) >= 11 is 0. The largest absolute Gasteiger partial charge is 0.497 e. The van der Waals surface area contributed by atoms with E-state index in [1.54, 1.807) is 4.72 Å². The number of rotatable bonds is 7. The van der Waals surface area contributed by atoms with Gasteiger partial charge in [-0.2, -0.15) is 0 Å². The molecule has 0 fully saturated rings. The lowest BCUT2D eigenvalue weighted by Crippen LogP contribution is -2.41. The van der Waals surface area contributed by atoms with Gasteiger partial charge in [-0.25, -0.2) is 21.9 Å². The quantitative estimate of drug-likeness (QED) is 0.768. The van der Waals surface area contributed by atoms with Crippen LogP contribution >= 0.6 is 12.4 Å². The van der Waals surface area contributed by atoms with Crippen molar-refractivity contribution in [3.63, 3.8) is 0 Å². The van der Waals surface area contributed by atoms with Crippen molar-refractivity contribution in [3.8, 4) is 11.5 Å². The summed E-state index contributed by atoms with van der Waals surface area (Å²) in [6.45, 7) is -2.04. The van der Waals surface area contributed by atoms with Crippen LogP contribution in [0, 0.1) is 0 Å². The summed E-state index contributed by atoms with van der Waals surface area (Å²) in [6.07, 6.45) is 0. The number of benzene rings is 1. The highest BCUT2D eigenvalue weighted by Gasteiger charge is 2.30. The molecule has 0 atom stereocenters. The topological polar surface area (TPSA) is 90.6 Å². The molecule has 0 radical (unpaired) electrons. The number of halogens is 3. The lowest BCUT2D eigenvalue weighted by molar-refractivity contribution is 0.0170. The van der Waals surface area contributed by atoms with Crippen molar-refractivity contribution in [1.82, 2.24) is 4.72 Å². The number of methoxy groups -OCH3 is 2. The van der Waals surface area contributed by atoms with Crippen molar-refractivity contribution in [1.29, 1.82) is 0 Å². The van der Waals surface area contributed by atoms with Crippen molar-refractivity contribution in [2.45, 2.75) is 10.8 Å². The van der Waals surface area contributed by atoms with Gasteiger partial charge in [0.25, 0.3) is 5.92 Å². The fraction of sp³-hybridized carbons (Fsp3) is 0.455. The molecule has 0 saturated heterocycles. The van der Waals surface area contributed by atoms with Crippen LogP contribution in [0.4, 0.5) is 8.78 Å². The predicted molar refractivity (Wildman–Crippen MR) is 76.0 cm³/mol. The first-order chi connectivity index (χ1) is 9.25. The van der Waals surface area contributed by atoms with Gasteiger partial charge in [-0.05, 0) is 12.1 Å². The molecule has 0 spiro atoms. The van der Waals surface area contributed by atoms with Crippen molar-refractivity contribution in [2.75, 3.05) is 27.3 Å². The monoisotopic (exact) mass is 346 g/mol. The van der Waals surface area contributed by atoms with Gasteiger partial charge < -0.3 is 15.2 Å². The van der Waals surface area contributed by atoms with E-state index in [9.17, 15) is 17.2 Å². The van der Waals surface area contributed by atoms with Crippen LogP contribution in [0.15, 0.2) is 23.1 Å². The average molecular weight is 347 g/mol. The molecule has 3 N–H and O–H groups in total. The number of sulfonamides is 1. The molecule has 0 aliphatic carbocycles. The van der Waals surface area contributed by atoms with Crippen LogP contribution in [0.1, 0.15) is 0 Å². The third kappa shape index (κ3) is 5.27. The van der Waals surface area contributed by atoms with Crippen LogP contribution in [0.2, 0.25) is 0 Å². The van der Waals surface area contributed by atoms with Crippen LogP contribution < -0.4 is 19.9 Å². The summed E-state index contributed by atoms with van der Waals surface area (Å²) in [5.41, 5.74) is 4.85. The van der Waals surface area contributed by atoms with Gasteiger partial charge in [0.1, 0.15) is 16.4 Å². The Labute approximate surface area is 128 Å². The zero-order chi connectivity index (χ0) is 15.4. The number of nitrogens with two attached hydrogens (primary N) is 1. The minimum absolute atomic E-state index is 0. The van der Waals surface area contributed by atoms with E-state index in [2.05, 4.69) is 0 Å². The number of alkyl halides is 2. The van der Waals surface area contributed by atoms with Gasteiger partial charge in [0.2, 0.25) is 10.0 Å². The smallest absolute Gasteiger partial charge is 0.273 e. The van der Waals surface area contributed by atoms with E-state index in [1.165, 1.54) is 32.4 Å². The fourth-order valence-corrected chi connectivity index (χ4v) is 2.59. The molecule has 6 nitrogen and oxygen atoms in total. The molecule has 1 aromatic rings. The molecule has 0 unspecified atom stereocenters. The van der Waals surface area contributed by atoms with Gasteiger partial charge in [-0.3, -0.25) is 0 Å². The van der Waals surface area contributed by atoms with Gasteiger partial charge in [-0.1, -0.05) is 0 Å². The Morgan fingerprint density at radius 2 is 1.90 bits per heavy atom. The lowest BCUT2D eigenvalue weighted by Gasteiger charge is -2.16.